The van der Waals surface area contributed by atoms with Crippen LogP contribution < -0.4 is 14.8 Å². The highest BCUT2D eigenvalue weighted by Gasteiger charge is 2.16. The fraction of sp³-hybridized carbons (Fsp3) is 0.381. The smallest absolute Gasteiger partial charge is 0.219 e. The molecule has 0 aliphatic carbocycles. The lowest BCUT2D eigenvalue weighted by atomic mass is 10.1. The Hall–Kier alpha value is -2.55. The largest absolute Gasteiger partial charge is 0.489 e. The highest BCUT2D eigenvalue weighted by atomic mass is 32.1. The van der Waals surface area contributed by atoms with E-state index < -0.39 is 0 Å². The Bertz CT molecular complexity index is 871. The monoisotopic (exact) mass is 412 g/mol. The standard InChI is InChI=1S/C21H24N4O3S/c1-2-7-23-20(5-1)28-16-12-19(27-15-17-13-22-8-10-26-17)18(25-14-16)4-3-6-21-24-9-11-29-21/h1-2,5,7,9,11-12,14,17,22H,3-4,6,8,10,13,15H2. The number of hydrogen-bond acceptors (Lipinski definition) is 8. The molecule has 4 heterocycles. The van der Waals surface area contributed by atoms with Crippen LogP contribution in [0.1, 0.15) is 17.1 Å². The predicted molar refractivity (Wildman–Crippen MR) is 111 cm³/mol. The fourth-order valence-electron chi connectivity index (χ4n) is 3.04. The summed E-state index contributed by atoms with van der Waals surface area (Å²) in [6, 6.07) is 7.43. The zero-order chi connectivity index (χ0) is 19.7. The summed E-state index contributed by atoms with van der Waals surface area (Å²) in [6.07, 6.45) is 7.99. The molecular formula is C21H24N4O3S. The van der Waals surface area contributed by atoms with Gasteiger partial charge in [0.05, 0.1) is 23.5 Å². The van der Waals surface area contributed by atoms with Crippen LogP contribution in [0.25, 0.3) is 0 Å². The van der Waals surface area contributed by atoms with Gasteiger partial charge < -0.3 is 19.5 Å². The zero-order valence-electron chi connectivity index (χ0n) is 16.1. The molecule has 29 heavy (non-hydrogen) atoms. The minimum absolute atomic E-state index is 0.0345. The number of aromatic nitrogens is 3. The van der Waals surface area contributed by atoms with Crippen molar-refractivity contribution in [2.24, 2.45) is 0 Å². The van der Waals surface area contributed by atoms with E-state index in [1.807, 2.05) is 35.8 Å². The number of thiazole rings is 1. The van der Waals surface area contributed by atoms with Gasteiger partial charge in [0.15, 0.2) is 5.75 Å². The number of nitrogens with zero attached hydrogens (tertiary/aromatic N) is 3. The van der Waals surface area contributed by atoms with Crippen LogP contribution in [-0.2, 0) is 17.6 Å². The maximum Gasteiger partial charge on any atom is 0.219 e. The summed E-state index contributed by atoms with van der Waals surface area (Å²) in [6.45, 7) is 2.85. The molecule has 4 rings (SSSR count). The lowest BCUT2D eigenvalue weighted by Gasteiger charge is -2.24. The molecule has 0 radical (unpaired) electrons. The van der Waals surface area contributed by atoms with Crippen molar-refractivity contribution in [3.8, 4) is 17.4 Å². The van der Waals surface area contributed by atoms with E-state index in [0.717, 1.165) is 48.8 Å². The van der Waals surface area contributed by atoms with E-state index in [-0.39, 0.29) is 6.10 Å². The minimum atomic E-state index is 0.0345. The van der Waals surface area contributed by atoms with Crippen molar-refractivity contribution >= 4 is 11.3 Å². The van der Waals surface area contributed by atoms with Crippen molar-refractivity contribution in [2.75, 3.05) is 26.3 Å². The molecule has 1 aliphatic rings. The first-order valence-electron chi connectivity index (χ1n) is 9.78. The molecule has 1 fully saturated rings. The number of morpholine rings is 1. The molecule has 0 spiro atoms. The molecule has 1 aliphatic heterocycles. The molecule has 1 unspecified atom stereocenters. The van der Waals surface area contributed by atoms with E-state index in [2.05, 4.69) is 20.3 Å². The quantitative estimate of drug-likeness (QED) is 0.578. The number of rotatable bonds is 9. The second-order valence-electron chi connectivity index (χ2n) is 6.67. The molecule has 1 saturated heterocycles. The topological polar surface area (TPSA) is 78.4 Å². The number of hydrogen-bond donors (Lipinski definition) is 1. The molecule has 0 saturated carbocycles. The van der Waals surface area contributed by atoms with Gasteiger partial charge >= 0.3 is 0 Å². The molecule has 7 nitrogen and oxygen atoms in total. The van der Waals surface area contributed by atoms with Crippen molar-refractivity contribution < 1.29 is 14.2 Å². The molecule has 3 aromatic heterocycles. The van der Waals surface area contributed by atoms with Gasteiger partial charge in [0.2, 0.25) is 5.88 Å². The Morgan fingerprint density at radius 3 is 2.97 bits per heavy atom. The Labute approximate surface area is 174 Å². The predicted octanol–water partition coefficient (Wildman–Crippen LogP) is 3.27. The summed E-state index contributed by atoms with van der Waals surface area (Å²) in [7, 11) is 0. The third kappa shape index (κ3) is 5.96. The van der Waals surface area contributed by atoms with Crippen LogP contribution in [0, 0.1) is 0 Å². The first-order valence-corrected chi connectivity index (χ1v) is 10.7. The number of pyridine rings is 2. The van der Waals surface area contributed by atoms with Gasteiger partial charge in [-0.05, 0) is 25.3 Å². The van der Waals surface area contributed by atoms with Crippen LogP contribution in [0.4, 0.5) is 0 Å². The van der Waals surface area contributed by atoms with E-state index in [1.165, 1.54) is 0 Å². The summed E-state index contributed by atoms with van der Waals surface area (Å²) >= 11 is 1.68. The van der Waals surface area contributed by atoms with Crippen molar-refractivity contribution in [2.45, 2.75) is 25.4 Å². The molecule has 1 atom stereocenters. The maximum absolute atomic E-state index is 6.10. The molecule has 152 valence electrons. The molecule has 0 bridgehead atoms. The first kappa shape index (κ1) is 19.8. The van der Waals surface area contributed by atoms with Crippen molar-refractivity contribution in [1.29, 1.82) is 0 Å². The van der Waals surface area contributed by atoms with Gasteiger partial charge in [-0.1, -0.05) is 6.07 Å². The van der Waals surface area contributed by atoms with Gasteiger partial charge in [-0.3, -0.25) is 4.98 Å². The number of nitrogens with one attached hydrogen (secondary N) is 1. The molecule has 1 N–H and O–H groups in total. The van der Waals surface area contributed by atoms with E-state index in [4.69, 9.17) is 14.2 Å². The van der Waals surface area contributed by atoms with E-state index >= 15 is 0 Å². The van der Waals surface area contributed by atoms with E-state index in [0.29, 0.717) is 24.8 Å². The SMILES string of the molecule is c1ccc(Oc2cnc(CCCc3nccs3)c(OCC3CNCCO3)c2)nc1. The minimum Gasteiger partial charge on any atom is -0.489 e. The van der Waals surface area contributed by atoms with Crippen molar-refractivity contribution in [3.05, 3.63) is 58.9 Å². The van der Waals surface area contributed by atoms with E-state index in [1.54, 1.807) is 23.7 Å². The number of aryl methyl sites for hydroxylation is 2. The highest BCUT2D eigenvalue weighted by molar-refractivity contribution is 7.09. The van der Waals surface area contributed by atoms with Gasteiger partial charge in [0.25, 0.3) is 0 Å². The zero-order valence-corrected chi connectivity index (χ0v) is 16.9. The first-order chi connectivity index (χ1) is 14.4. The van der Waals surface area contributed by atoms with Crippen LogP contribution in [0.2, 0.25) is 0 Å². The number of ether oxygens (including phenoxy) is 3. The van der Waals surface area contributed by atoms with Crippen LogP contribution in [0.15, 0.2) is 48.2 Å². The lowest BCUT2D eigenvalue weighted by molar-refractivity contribution is -0.000116. The van der Waals surface area contributed by atoms with Gasteiger partial charge in [0, 0.05) is 43.0 Å². The average molecular weight is 413 g/mol. The van der Waals surface area contributed by atoms with Crippen LogP contribution >= 0.6 is 11.3 Å². The van der Waals surface area contributed by atoms with E-state index in [9.17, 15) is 0 Å². The Morgan fingerprint density at radius 1 is 1.17 bits per heavy atom. The Morgan fingerprint density at radius 2 is 2.17 bits per heavy atom. The highest BCUT2D eigenvalue weighted by Crippen LogP contribution is 2.27. The maximum atomic E-state index is 6.10. The molecule has 0 aromatic carbocycles. The second-order valence-corrected chi connectivity index (χ2v) is 7.65. The Kier molecular flexibility index (Phi) is 7.01. The Balaban J connectivity index is 1.43. The van der Waals surface area contributed by atoms with Gasteiger partial charge in [-0.25, -0.2) is 9.97 Å². The third-order valence-electron chi connectivity index (χ3n) is 4.48. The summed E-state index contributed by atoms with van der Waals surface area (Å²) in [4.78, 5) is 13.1. The molecule has 3 aromatic rings. The summed E-state index contributed by atoms with van der Waals surface area (Å²) in [5.74, 6) is 1.85. The second kappa shape index (κ2) is 10.3. The normalized spacial score (nSPS) is 16.5. The van der Waals surface area contributed by atoms with Crippen molar-refractivity contribution in [1.82, 2.24) is 20.3 Å². The van der Waals surface area contributed by atoms with Gasteiger partial charge in [0.1, 0.15) is 18.5 Å². The van der Waals surface area contributed by atoms with Crippen LogP contribution in [0.5, 0.6) is 17.4 Å². The van der Waals surface area contributed by atoms with Crippen LogP contribution in [-0.4, -0.2) is 47.4 Å². The summed E-state index contributed by atoms with van der Waals surface area (Å²) < 4.78 is 17.7. The molecular weight excluding hydrogens is 388 g/mol. The van der Waals surface area contributed by atoms with Crippen LogP contribution in [0.3, 0.4) is 0 Å². The van der Waals surface area contributed by atoms with Crippen molar-refractivity contribution in [3.63, 3.8) is 0 Å². The molecule has 0 amide bonds. The fourth-order valence-corrected chi connectivity index (χ4v) is 3.71. The van der Waals surface area contributed by atoms with Gasteiger partial charge in [-0.2, -0.15) is 0 Å². The lowest BCUT2D eigenvalue weighted by Crippen LogP contribution is -2.41. The van der Waals surface area contributed by atoms with Gasteiger partial charge in [-0.15, -0.1) is 11.3 Å². The molecule has 8 heteroatoms. The summed E-state index contributed by atoms with van der Waals surface area (Å²) in [5, 5.41) is 6.47. The third-order valence-corrected chi connectivity index (χ3v) is 5.32. The average Bonchev–Trinajstić information content (AvgIpc) is 3.28. The summed E-state index contributed by atoms with van der Waals surface area (Å²) in [5.41, 5.74) is 0.915.